The van der Waals surface area contributed by atoms with Gasteiger partial charge in [-0.15, -0.1) is 0 Å². The van der Waals surface area contributed by atoms with Crippen molar-refractivity contribution < 1.29 is 13.2 Å². The predicted octanol–water partition coefficient (Wildman–Crippen LogP) is 4.36. The number of aromatic nitrogens is 1. The normalized spacial score (nSPS) is 18.2. The van der Waals surface area contributed by atoms with E-state index in [0.717, 1.165) is 34.4 Å². The van der Waals surface area contributed by atoms with Gasteiger partial charge >= 0.3 is 4.87 Å². The molecule has 0 radical (unpaired) electrons. The van der Waals surface area contributed by atoms with Gasteiger partial charge in [0.25, 0.3) is 0 Å². The van der Waals surface area contributed by atoms with Crippen LogP contribution in [0.2, 0.25) is 0 Å². The second-order valence-electron chi connectivity index (χ2n) is 8.43. The number of thiazole rings is 1. The highest BCUT2D eigenvalue weighted by Crippen LogP contribution is 2.40. The Bertz CT molecular complexity index is 1270. The number of aryl methyl sites for hydroxylation is 2. The topological polar surface area (TPSA) is 77.4 Å². The summed E-state index contributed by atoms with van der Waals surface area (Å²) >= 11 is 1.08. The first-order valence-electron chi connectivity index (χ1n) is 10.0. The third-order valence-electron chi connectivity index (χ3n) is 5.32. The van der Waals surface area contributed by atoms with E-state index >= 15 is 0 Å². The summed E-state index contributed by atoms with van der Waals surface area (Å²) < 4.78 is 37.8. The molecule has 0 spiro atoms. The van der Waals surface area contributed by atoms with E-state index in [9.17, 15) is 13.2 Å². The minimum absolute atomic E-state index is 0.0650. The van der Waals surface area contributed by atoms with E-state index in [1.807, 2.05) is 45.9 Å². The van der Waals surface area contributed by atoms with Crippen LogP contribution in [0.1, 0.15) is 50.8 Å². The minimum atomic E-state index is -3.78. The maximum atomic E-state index is 13.2. The zero-order chi connectivity index (χ0) is 21.7. The van der Waals surface area contributed by atoms with Gasteiger partial charge in [-0.05, 0) is 57.0 Å². The first kappa shape index (κ1) is 21.1. The number of rotatable bonds is 5. The Balaban J connectivity index is 1.70. The van der Waals surface area contributed by atoms with Crippen LogP contribution in [-0.2, 0) is 16.6 Å². The van der Waals surface area contributed by atoms with Crippen LogP contribution in [0.25, 0.3) is 10.2 Å². The fourth-order valence-electron chi connectivity index (χ4n) is 3.97. The van der Waals surface area contributed by atoms with Gasteiger partial charge in [-0.25, -0.2) is 13.1 Å². The SMILES string of the molecule is CCCn1c(=O)sc2cc(S(=O)(=O)N[C@@H]3CC(C)(C)Oc4cc(C)ccc43)ccc21. The molecule has 1 aliphatic rings. The summed E-state index contributed by atoms with van der Waals surface area (Å²) in [5.41, 5.74) is 2.18. The lowest BCUT2D eigenvalue weighted by Crippen LogP contribution is -2.41. The van der Waals surface area contributed by atoms with E-state index in [-0.39, 0.29) is 9.77 Å². The summed E-state index contributed by atoms with van der Waals surface area (Å²) in [6.07, 6.45) is 1.36. The maximum Gasteiger partial charge on any atom is 0.308 e. The second-order valence-corrected chi connectivity index (χ2v) is 11.1. The molecule has 3 aromatic rings. The molecule has 2 heterocycles. The van der Waals surface area contributed by atoms with Crippen LogP contribution in [0.15, 0.2) is 46.1 Å². The molecule has 4 rings (SSSR count). The van der Waals surface area contributed by atoms with Crippen molar-refractivity contribution in [3.63, 3.8) is 0 Å². The lowest BCUT2D eigenvalue weighted by molar-refractivity contribution is 0.0701. The summed E-state index contributed by atoms with van der Waals surface area (Å²) in [6.45, 7) is 8.53. The number of hydrogen-bond acceptors (Lipinski definition) is 5. The minimum Gasteiger partial charge on any atom is -0.487 e. The number of hydrogen-bond donors (Lipinski definition) is 1. The summed E-state index contributed by atoms with van der Waals surface area (Å²) in [6, 6.07) is 10.3. The van der Waals surface area contributed by atoms with Crippen LogP contribution in [0.4, 0.5) is 0 Å². The molecule has 8 heteroatoms. The summed E-state index contributed by atoms with van der Waals surface area (Å²) in [5, 5.41) is 0. The number of ether oxygens (including phenoxy) is 1. The van der Waals surface area contributed by atoms with Crippen molar-refractivity contribution in [1.29, 1.82) is 0 Å². The quantitative estimate of drug-likeness (QED) is 0.632. The molecular formula is C22H26N2O4S2. The summed E-state index contributed by atoms with van der Waals surface area (Å²) in [7, 11) is -3.78. The standard InChI is InChI=1S/C22H26N2O4S2/c1-5-10-24-18-9-7-15(12-20(18)29-21(24)25)30(26,27)23-17-13-22(3,4)28-19-11-14(2)6-8-16(17)19/h6-9,11-12,17,23H,5,10,13H2,1-4H3/t17-/m1/s1. The molecule has 0 unspecified atom stereocenters. The van der Waals surface area contributed by atoms with Crippen LogP contribution in [0.3, 0.4) is 0 Å². The third-order valence-corrected chi connectivity index (χ3v) is 7.73. The van der Waals surface area contributed by atoms with Crippen LogP contribution in [0, 0.1) is 6.92 Å². The molecule has 160 valence electrons. The van der Waals surface area contributed by atoms with Gasteiger partial charge in [0.2, 0.25) is 10.0 Å². The molecule has 6 nitrogen and oxygen atoms in total. The van der Waals surface area contributed by atoms with Gasteiger partial charge in [0.15, 0.2) is 0 Å². The molecule has 0 bridgehead atoms. The molecule has 0 amide bonds. The van der Waals surface area contributed by atoms with E-state index in [0.29, 0.717) is 23.4 Å². The maximum absolute atomic E-state index is 13.2. The first-order valence-corrected chi connectivity index (χ1v) is 12.3. The molecular weight excluding hydrogens is 420 g/mol. The Labute approximate surface area is 180 Å². The van der Waals surface area contributed by atoms with E-state index in [4.69, 9.17) is 4.74 Å². The summed E-state index contributed by atoms with van der Waals surface area (Å²) in [4.78, 5) is 12.3. The Morgan fingerprint density at radius 2 is 2.00 bits per heavy atom. The zero-order valence-corrected chi connectivity index (χ0v) is 19.2. The van der Waals surface area contributed by atoms with Crippen molar-refractivity contribution in [3.8, 4) is 5.75 Å². The number of sulfonamides is 1. The van der Waals surface area contributed by atoms with Gasteiger partial charge in [-0.1, -0.05) is 30.4 Å². The van der Waals surface area contributed by atoms with Crippen molar-refractivity contribution in [1.82, 2.24) is 9.29 Å². The van der Waals surface area contributed by atoms with Crippen LogP contribution >= 0.6 is 11.3 Å². The third kappa shape index (κ3) is 3.91. The number of benzene rings is 2. The van der Waals surface area contributed by atoms with Crippen molar-refractivity contribution in [3.05, 3.63) is 57.2 Å². The lowest BCUT2D eigenvalue weighted by Gasteiger charge is -2.38. The molecule has 2 aromatic carbocycles. The molecule has 30 heavy (non-hydrogen) atoms. The fourth-order valence-corrected chi connectivity index (χ4v) is 6.24. The van der Waals surface area contributed by atoms with Gasteiger partial charge in [-0.3, -0.25) is 9.36 Å². The lowest BCUT2D eigenvalue weighted by atomic mass is 9.90. The van der Waals surface area contributed by atoms with Crippen LogP contribution < -0.4 is 14.3 Å². The molecule has 0 aliphatic carbocycles. The average molecular weight is 447 g/mol. The van der Waals surface area contributed by atoms with Crippen molar-refractivity contribution in [2.75, 3.05) is 0 Å². The zero-order valence-electron chi connectivity index (χ0n) is 17.6. The number of fused-ring (bicyclic) bond motifs is 2. The van der Waals surface area contributed by atoms with E-state index in [2.05, 4.69) is 4.72 Å². The Kier molecular flexibility index (Phi) is 5.28. The van der Waals surface area contributed by atoms with Gasteiger partial charge in [0, 0.05) is 18.5 Å². The molecule has 0 saturated heterocycles. The molecule has 0 saturated carbocycles. The highest BCUT2D eigenvalue weighted by molar-refractivity contribution is 7.89. The molecule has 1 atom stereocenters. The van der Waals surface area contributed by atoms with E-state index < -0.39 is 21.7 Å². The Hall–Kier alpha value is -2.16. The highest BCUT2D eigenvalue weighted by atomic mass is 32.2. The predicted molar refractivity (Wildman–Crippen MR) is 120 cm³/mol. The molecule has 1 aliphatic heterocycles. The molecule has 1 aromatic heterocycles. The molecule has 1 N–H and O–H groups in total. The van der Waals surface area contributed by atoms with Gasteiger partial charge in [0.1, 0.15) is 11.4 Å². The van der Waals surface area contributed by atoms with E-state index in [1.54, 1.807) is 22.8 Å². The highest BCUT2D eigenvalue weighted by Gasteiger charge is 2.36. The van der Waals surface area contributed by atoms with Crippen LogP contribution in [0.5, 0.6) is 5.75 Å². The van der Waals surface area contributed by atoms with Gasteiger partial charge in [-0.2, -0.15) is 0 Å². The number of nitrogens with zero attached hydrogens (tertiary/aromatic N) is 1. The van der Waals surface area contributed by atoms with E-state index in [1.165, 1.54) is 0 Å². The van der Waals surface area contributed by atoms with Gasteiger partial charge < -0.3 is 4.74 Å². The Morgan fingerprint density at radius 3 is 2.73 bits per heavy atom. The van der Waals surface area contributed by atoms with Crippen LogP contribution in [-0.4, -0.2) is 18.6 Å². The van der Waals surface area contributed by atoms with Crippen molar-refractivity contribution in [2.24, 2.45) is 0 Å². The van der Waals surface area contributed by atoms with Gasteiger partial charge in [0.05, 0.1) is 21.2 Å². The first-order chi connectivity index (χ1) is 14.1. The fraction of sp³-hybridized carbons (Fsp3) is 0.409. The average Bonchev–Trinajstić information content (AvgIpc) is 2.95. The van der Waals surface area contributed by atoms with Crippen molar-refractivity contribution in [2.45, 2.75) is 63.6 Å². The number of nitrogens with one attached hydrogen (secondary N) is 1. The largest absolute Gasteiger partial charge is 0.487 e. The van der Waals surface area contributed by atoms with Crippen molar-refractivity contribution >= 4 is 31.6 Å². The molecule has 0 fully saturated rings. The smallest absolute Gasteiger partial charge is 0.308 e. The summed E-state index contributed by atoms with van der Waals surface area (Å²) in [5.74, 6) is 0.712. The monoisotopic (exact) mass is 446 g/mol. The Morgan fingerprint density at radius 1 is 1.23 bits per heavy atom. The second kappa shape index (κ2) is 7.51.